The number of halogens is 3. The van der Waals surface area contributed by atoms with Crippen LogP contribution in [0.4, 0.5) is 14.5 Å². The van der Waals surface area contributed by atoms with E-state index in [0.29, 0.717) is 6.07 Å². The summed E-state index contributed by atoms with van der Waals surface area (Å²) in [7, 11) is -4.01. The second-order valence-electron chi connectivity index (χ2n) is 3.55. The van der Waals surface area contributed by atoms with E-state index in [1.165, 1.54) is 18.3 Å². The molecular weight excluding hydrogens is 298 g/mol. The second kappa shape index (κ2) is 5.10. The van der Waals surface area contributed by atoms with Gasteiger partial charge in [-0.1, -0.05) is 11.6 Å². The highest BCUT2D eigenvalue weighted by Gasteiger charge is 2.16. The second-order valence-corrected chi connectivity index (χ2v) is 5.62. The lowest BCUT2D eigenvalue weighted by Gasteiger charge is -2.07. The van der Waals surface area contributed by atoms with Gasteiger partial charge in [0.1, 0.15) is 5.15 Å². The Morgan fingerprint density at radius 3 is 2.42 bits per heavy atom. The Morgan fingerprint density at radius 1 is 1.11 bits per heavy atom. The summed E-state index contributed by atoms with van der Waals surface area (Å²) in [4.78, 5) is 3.31. The summed E-state index contributed by atoms with van der Waals surface area (Å²) < 4.78 is 51.7. The van der Waals surface area contributed by atoms with E-state index in [1.807, 2.05) is 0 Å². The van der Waals surface area contributed by atoms with Crippen molar-refractivity contribution >= 4 is 27.3 Å². The molecular formula is C11H7ClF2N2O2S. The monoisotopic (exact) mass is 304 g/mol. The summed E-state index contributed by atoms with van der Waals surface area (Å²) in [5.74, 6) is -2.36. The van der Waals surface area contributed by atoms with Crippen LogP contribution in [-0.4, -0.2) is 13.4 Å². The third-order valence-corrected chi connectivity index (χ3v) is 3.78. The molecule has 2 aromatic rings. The van der Waals surface area contributed by atoms with Gasteiger partial charge >= 0.3 is 0 Å². The van der Waals surface area contributed by atoms with Crippen molar-refractivity contribution in [3.05, 3.63) is 53.3 Å². The topological polar surface area (TPSA) is 59.1 Å². The third-order valence-electron chi connectivity index (χ3n) is 2.18. The molecule has 0 aliphatic rings. The van der Waals surface area contributed by atoms with Gasteiger partial charge in [-0.25, -0.2) is 22.2 Å². The molecule has 0 saturated carbocycles. The van der Waals surface area contributed by atoms with Crippen LogP contribution >= 0.6 is 11.6 Å². The molecule has 0 aliphatic heterocycles. The van der Waals surface area contributed by atoms with Crippen molar-refractivity contribution in [2.24, 2.45) is 0 Å². The molecule has 0 aliphatic carbocycles. The number of hydrogen-bond acceptors (Lipinski definition) is 3. The Labute approximate surface area is 113 Å². The summed E-state index contributed by atoms with van der Waals surface area (Å²) >= 11 is 5.56. The number of rotatable bonds is 3. The summed E-state index contributed by atoms with van der Waals surface area (Å²) in [5.41, 5.74) is 0.161. The van der Waals surface area contributed by atoms with E-state index in [0.717, 1.165) is 12.1 Å². The number of anilines is 1. The number of aromatic nitrogens is 1. The number of hydrogen-bond donors (Lipinski definition) is 1. The zero-order valence-corrected chi connectivity index (χ0v) is 10.8. The Balaban J connectivity index is 2.32. The molecule has 1 aromatic heterocycles. The molecule has 19 heavy (non-hydrogen) atoms. The van der Waals surface area contributed by atoms with E-state index in [1.54, 1.807) is 0 Å². The highest BCUT2D eigenvalue weighted by molar-refractivity contribution is 7.92. The molecule has 1 N–H and O–H groups in total. The number of pyridine rings is 1. The highest BCUT2D eigenvalue weighted by atomic mass is 35.5. The molecule has 0 unspecified atom stereocenters. The first kappa shape index (κ1) is 13.7. The van der Waals surface area contributed by atoms with Gasteiger partial charge in [0.05, 0.1) is 16.8 Å². The van der Waals surface area contributed by atoms with Crippen molar-refractivity contribution in [3.63, 3.8) is 0 Å². The van der Waals surface area contributed by atoms with Crippen LogP contribution < -0.4 is 4.72 Å². The van der Waals surface area contributed by atoms with Gasteiger partial charge in [-0.15, -0.1) is 0 Å². The van der Waals surface area contributed by atoms with Gasteiger partial charge < -0.3 is 0 Å². The van der Waals surface area contributed by atoms with Crippen molar-refractivity contribution in [3.8, 4) is 0 Å². The maximum absolute atomic E-state index is 13.0. The fourth-order valence-electron chi connectivity index (χ4n) is 1.29. The smallest absolute Gasteiger partial charge is 0.262 e. The molecule has 0 fully saturated rings. The maximum atomic E-state index is 13.0. The van der Waals surface area contributed by atoms with E-state index in [9.17, 15) is 17.2 Å². The first-order valence-electron chi connectivity index (χ1n) is 4.98. The minimum Gasteiger partial charge on any atom is -0.278 e. The molecule has 1 heterocycles. The predicted molar refractivity (Wildman–Crippen MR) is 66.4 cm³/mol. The van der Waals surface area contributed by atoms with Crippen LogP contribution in [0, 0.1) is 11.6 Å². The molecule has 0 bridgehead atoms. The number of sulfonamides is 1. The van der Waals surface area contributed by atoms with E-state index in [2.05, 4.69) is 9.71 Å². The molecule has 0 saturated heterocycles. The molecule has 0 spiro atoms. The van der Waals surface area contributed by atoms with Gasteiger partial charge in [0.2, 0.25) is 0 Å². The first-order valence-corrected chi connectivity index (χ1v) is 6.84. The molecule has 1 aromatic carbocycles. The summed E-state index contributed by atoms with van der Waals surface area (Å²) in [6, 6.07) is 5.09. The average Bonchev–Trinajstić information content (AvgIpc) is 2.35. The van der Waals surface area contributed by atoms with E-state index in [-0.39, 0.29) is 15.7 Å². The fourth-order valence-corrected chi connectivity index (χ4v) is 2.46. The minimum absolute atomic E-state index is 0.161. The van der Waals surface area contributed by atoms with Gasteiger partial charge in [-0.2, -0.15) is 0 Å². The van der Waals surface area contributed by atoms with Crippen LogP contribution in [0.25, 0.3) is 0 Å². The van der Waals surface area contributed by atoms with Gasteiger partial charge in [0.25, 0.3) is 10.0 Å². The van der Waals surface area contributed by atoms with Crippen LogP contribution in [-0.2, 0) is 10.0 Å². The minimum atomic E-state index is -4.01. The van der Waals surface area contributed by atoms with Crippen molar-refractivity contribution in [1.29, 1.82) is 0 Å². The Hall–Kier alpha value is -1.73. The molecule has 100 valence electrons. The molecule has 8 heteroatoms. The Morgan fingerprint density at radius 2 is 1.84 bits per heavy atom. The van der Waals surface area contributed by atoms with E-state index in [4.69, 9.17) is 11.6 Å². The number of nitrogens with zero attached hydrogens (tertiary/aromatic N) is 1. The molecule has 0 radical (unpaired) electrons. The van der Waals surface area contributed by atoms with Gasteiger partial charge in [0.15, 0.2) is 11.6 Å². The number of benzene rings is 1. The van der Waals surface area contributed by atoms with E-state index < -0.39 is 21.7 Å². The lowest BCUT2D eigenvalue weighted by molar-refractivity contribution is 0.504. The van der Waals surface area contributed by atoms with Gasteiger partial charge in [0, 0.05) is 0 Å². The third kappa shape index (κ3) is 3.18. The predicted octanol–water partition coefficient (Wildman–Crippen LogP) is 2.81. The maximum Gasteiger partial charge on any atom is 0.262 e. The molecule has 2 rings (SSSR count). The molecule has 0 amide bonds. The lowest BCUT2D eigenvalue weighted by Crippen LogP contribution is -2.13. The fraction of sp³-hybridized carbons (Fsp3) is 0. The van der Waals surface area contributed by atoms with Crippen LogP contribution in [0.15, 0.2) is 41.4 Å². The van der Waals surface area contributed by atoms with Crippen LogP contribution in [0.1, 0.15) is 0 Å². The summed E-state index contributed by atoms with van der Waals surface area (Å²) in [6.45, 7) is 0. The number of nitrogens with one attached hydrogen (secondary N) is 1. The molecule has 0 atom stereocenters. The zero-order valence-electron chi connectivity index (χ0n) is 9.27. The van der Waals surface area contributed by atoms with Crippen molar-refractivity contribution in [1.82, 2.24) is 4.98 Å². The SMILES string of the molecule is O=S(=O)(Nc1ccc(Cl)nc1)c1ccc(F)c(F)c1. The first-order chi connectivity index (χ1) is 8.88. The van der Waals surface area contributed by atoms with Crippen molar-refractivity contribution in [2.75, 3.05) is 4.72 Å². The van der Waals surface area contributed by atoms with Crippen LogP contribution in [0.3, 0.4) is 0 Å². The largest absolute Gasteiger partial charge is 0.278 e. The van der Waals surface area contributed by atoms with Crippen LogP contribution in [0.5, 0.6) is 0 Å². The highest BCUT2D eigenvalue weighted by Crippen LogP contribution is 2.18. The summed E-state index contributed by atoms with van der Waals surface area (Å²) in [6.07, 6.45) is 1.21. The quantitative estimate of drug-likeness (QED) is 0.887. The van der Waals surface area contributed by atoms with Gasteiger partial charge in [-0.05, 0) is 30.3 Å². The normalized spacial score (nSPS) is 11.3. The lowest BCUT2D eigenvalue weighted by atomic mass is 10.3. The Kier molecular flexibility index (Phi) is 3.68. The Bertz CT molecular complexity index is 705. The van der Waals surface area contributed by atoms with Crippen molar-refractivity contribution in [2.45, 2.75) is 4.90 Å². The van der Waals surface area contributed by atoms with Gasteiger partial charge in [-0.3, -0.25) is 4.72 Å². The average molecular weight is 305 g/mol. The zero-order chi connectivity index (χ0) is 14.0. The standard InChI is InChI=1S/C11H7ClF2N2O2S/c12-11-4-1-7(6-15-11)16-19(17,18)8-2-3-9(13)10(14)5-8/h1-6,16H. The summed E-state index contributed by atoms with van der Waals surface area (Å²) in [5, 5.41) is 0.204. The van der Waals surface area contributed by atoms with E-state index >= 15 is 0 Å². The molecule has 4 nitrogen and oxygen atoms in total. The van der Waals surface area contributed by atoms with Crippen molar-refractivity contribution < 1.29 is 17.2 Å². The van der Waals surface area contributed by atoms with Crippen LogP contribution in [0.2, 0.25) is 5.15 Å².